The fourth-order valence-corrected chi connectivity index (χ4v) is 1.55. The Balaban J connectivity index is 3.78. The summed E-state index contributed by atoms with van der Waals surface area (Å²) in [5.74, 6) is 0. The maximum absolute atomic E-state index is 11.8. The van der Waals surface area contributed by atoms with Crippen LogP contribution >= 0.6 is 0 Å². The number of rotatable bonds is 2. The molecule has 0 fully saturated rings. The third-order valence-corrected chi connectivity index (χ3v) is 2.53. The van der Waals surface area contributed by atoms with Crippen molar-refractivity contribution < 1.29 is 4.42 Å². The lowest BCUT2D eigenvalue weighted by molar-refractivity contribution is 0.466. The Labute approximate surface area is 101 Å². The van der Waals surface area contributed by atoms with E-state index in [4.69, 9.17) is 4.42 Å². The molecule has 0 saturated carbocycles. The van der Waals surface area contributed by atoms with Gasteiger partial charge >= 0.3 is 5.63 Å². The van der Waals surface area contributed by atoms with Crippen LogP contribution < -0.4 is 16.3 Å². The van der Waals surface area contributed by atoms with Crippen molar-refractivity contribution in [2.75, 3.05) is 0 Å². The van der Waals surface area contributed by atoms with Crippen molar-refractivity contribution in [3.05, 3.63) is 56.5 Å². The van der Waals surface area contributed by atoms with Crippen molar-refractivity contribution in [2.24, 2.45) is 0 Å². The summed E-state index contributed by atoms with van der Waals surface area (Å²) in [4.78, 5) is 11.8. The molecule has 0 bridgehead atoms. The maximum atomic E-state index is 11.8. The summed E-state index contributed by atoms with van der Waals surface area (Å²) >= 11 is 0. The maximum Gasteiger partial charge on any atom is 0.343 e. The monoisotopic (exact) mass is 230 g/mol. The number of hydrogen-bond acceptors (Lipinski definition) is 2. The standard InChI is InChI=1S/C15H18O2/c1-9(2)7-13-11(5)12(6)14(8-10(3)4)17-15(13)16/h7-8H,1,3H2,2,4-6H3. The summed E-state index contributed by atoms with van der Waals surface area (Å²) in [7, 11) is 0. The fraction of sp³-hybridized carbons (Fsp3) is 0.267. The van der Waals surface area contributed by atoms with E-state index in [1.54, 1.807) is 12.2 Å². The zero-order valence-corrected chi connectivity index (χ0v) is 10.9. The smallest absolute Gasteiger partial charge is 0.343 e. The summed E-state index contributed by atoms with van der Waals surface area (Å²) in [5, 5.41) is 0.578. The zero-order chi connectivity index (χ0) is 13.2. The van der Waals surface area contributed by atoms with Gasteiger partial charge in [0.2, 0.25) is 0 Å². The van der Waals surface area contributed by atoms with Gasteiger partial charge in [-0.2, -0.15) is 0 Å². The normalized spacial score (nSPS) is 12.9. The summed E-state index contributed by atoms with van der Waals surface area (Å²) < 4.78 is 5.29. The van der Waals surface area contributed by atoms with Gasteiger partial charge < -0.3 is 4.42 Å². The Morgan fingerprint density at radius 2 is 1.59 bits per heavy atom. The van der Waals surface area contributed by atoms with Crippen LogP contribution in [-0.2, 0) is 0 Å². The van der Waals surface area contributed by atoms with E-state index in [0.29, 0.717) is 10.6 Å². The van der Waals surface area contributed by atoms with Crippen LogP contribution in [0.15, 0.2) is 33.5 Å². The molecule has 2 heteroatoms. The van der Waals surface area contributed by atoms with E-state index in [0.717, 1.165) is 22.3 Å². The van der Waals surface area contributed by atoms with Gasteiger partial charge in [0.05, 0.1) is 5.22 Å². The molecule has 0 aliphatic rings. The second-order valence-electron chi connectivity index (χ2n) is 4.40. The van der Waals surface area contributed by atoms with Crippen molar-refractivity contribution in [3.63, 3.8) is 0 Å². The van der Waals surface area contributed by atoms with Gasteiger partial charge in [-0.05, 0) is 51.0 Å². The van der Waals surface area contributed by atoms with E-state index in [-0.39, 0.29) is 5.63 Å². The van der Waals surface area contributed by atoms with Crippen molar-refractivity contribution >= 4 is 12.2 Å². The van der Waals surface area contributed by atoms with Crippen LogP contribution in [0.5, 0.6) is 0 Å². The summed E-state index contributed by atoms with van der Waals surface area (Å²) in [6.07, 6.45) is 3.52. The molecule has 1 heterocycles. The Kier molecular flexibility index (Phi) is 3.89. The molecule has 90 valence electrons. The molecule has 17 heavy (non-hydrogen) atoms. The molecule has 0 atom stereocenters. The van der Waals surface area contributed by atoms with E-state index in [1.165, 1.54) is 0 Å². The third-order valence-electron chi connectivity index (χ3n) is 2.53. The van der Waals surface area contributed by atoms with Crippen molar-refractivity contribution in [3.8, 4) is 0 Å². The first-order chi connectivity index (χ1) is 7.82. The van der Waals surface area contributed by atoms with Crippen LogP contribution in [0, 0.1) is 13.8 Å². The van der Waals surface area contributed by atoms with Crippen molar-refractivity contribution in [2.45, 2.75) is 27.7 Å². The van der Waals surface area contributed by atoms with E-state index in [2.05, 4.69) is 13.2 Å². The molecule has 0 amide bonds. The molecule has 0 saturated heterocycles. The number of allylic oxidation sites excluding steroid dienone is 2. The van der Waals surface area contributed by atoms with Gasteiger partial charge in [0.25, 0.3) is 0 Å². The predicted octanol–water partition coefficient (Wildman–Crippen LogP) is 1.97. The van der Waals surface area contributed by atoms with Crippen LogP contribution in [0.1, 0.15) is 25.0 Å². The minimum Gasteiger partial charge on any atom is -0.423 e. The molecule has 0 radical (unpaired) electrons. The van der Waals surface area contributed by atoms with E-state index in [1.807, 2.05) is 27.7 Å². The summed E-state index contributed by atoms with van der Waals surface area (Å²) in [6, 6.07) is 0. The van der Waals surface area contributed by atoms with Crippen LogP contribution in [0.2, 0.25) is 0 Å². The zero-order valence-electron chi connectivity index (χ0n) is 10.9. The largest absolute Gasteiger partial charge is 0.423 e. The fourth-order valence-electron chi connectivity index (χ4n) is 1.55. The van der Waals surface area contributed by atoms with E-state index >= 15 is 0 Å². The molecular weight excluding hydrogens is 212 g/mol. The molecule has 0 aromatic carbocycles. The Morgan fingerprint density at radius 3 is 2.06 bits per heavy atom. The highest BCUT2D eigenvalue weighted by Crippen LogP contribution is 1.96. The van der Waals surface area contributed by atoms with Crippen molar-refractivity contribution in [1.82, 2.24) is 0 Å². The molecule has 0 aliphatic heterocycles. The minimum atomic E-state index is -0.330. The average Bonchev–Trinajstić information content (AvgIpc) is 2.20. The topological polar surface area (TPSA) is 30.2 Å². The molecule has 0 spiro atoms. The lowest BCUT2D eigenvalue weighted by Crippen LogP contribution is -2.33. The number of hydrogen-bond donors (Lipinski definition) is 0. The highest BCUT2D eigenvalue weighted by Gasteiger charge is 2.03. The first-order valence-corrected chi connectivity index (χ1v) is 5.47. The molecular formula is C15H18O2. The van der Waals surface area contributed by atoms with Crippen molar-refractivity contribution in [1.29, 1.82) is 0 Å². The highest BCUT2D eigenvalue weighted by atomic mass is 16.4. The van der Waals surface area contributed by atoms with Crippen LogP contribution in [-0.4, -0.2) is 0 Å². The highest BCUT2D eigenvalue weighted by molar-refractivity contribution is 5.47. The van der Waals surface area contributed by atoms with Gasteiger partial charge in [-0.1, -0.05) is 24.3 Å². The SMILES string of the molecule is C=C(C)C=c1oc(=O)c(=CC(=C)C)c(C)c1C. The first-order valence-electron chi connectivity index (χ1n) is 5.47. The molecule has 1 aromatic rings. The quantitative estimate of drug-likeness (QED) is 0.777. The lowest BCUT2D eigenvalue weighted by atomic mass is 10.1. The van der Waals surface area contributed by atoms with Crippen LogP contribution in [0.25, 0.3) is 12.2 Å². The van der Waals surface area contributed by atoms with Gasteiger partial charge in [-0.3, -0.25) is 0 Å². The molecule has 0 N–H and O–H groups in total. The average molecular weight is 230 g/mol. The van der Waals surface area contributed by atoms with Gasteiger partial charge in [-0.25, -0.2) is 4.79 Å². The second-order valence-corrected chi connectivity index (χ2v) is 4.40. The second kappa shape index (κ2) is 5.00. The summed E-state index contributed by atoms with van der Waals surface area (Å²) in [5.41, 5.74) is 3.82. The minimum absolute atomic E-state index is 0.330. The predicted molar refractivity (Wildman–Crippen MR) is 72.3 cm³/mol. The Morgan fingerprint density at radius 1 is 1.06 bits per heavy atom. The van der Waals surface area contributed by atoms with Crippen LogP contribution in [0.4, 0.5) is 0 Å². The van der Waals surface area contributed by atoms with Gasteiger partial charge in [-0.15, -0.1) is 0 Å². The Bertz CT molecular complexity index is 643. The van der Waals surface area contributed by atoms with E-state index in [9.17, 15) is 4.79 Å². The van der Waals surface area contributed by atoms with Gasteiger partial charge in [0, 0.05) is 0 Å². The van der Waals surface area contributed by atoms with Gasteiger partial charge in [0.15, 0.2) is 0 Å². The lowest BCUT2D eigenvalue weighted by Gasteiger charge is -2.01. The first kappa shape index (κ1) is 13.2. The van der Waals surface area contributed by atoms with Crippen LogP contribution in [0.3, 0.4) is 0 Å². The summed E-state index contributed by atoms with van der Waals surface area (Å²) in [6.45, 7) is 15.1. The van der Waals surface area contributed by atoms with E-state index < -0.39 is 0 Å². The molecule has 1 aromatic heterocycles. The molecule has 0 unspecified atom stereocenters. The molecule has 1 rings (SSSR count). The molecule has 0 aliphatic carbocycles. The third kappa shape index (κ3) is 3.06. The Hall–Kier alpha value is -1.83. The van der Waals surface area contributed by atoms with Gasteiger partial charge in [0.1, 0.15) is 5.42 Å². The molecule has 2 nitrogen and oxygen atoms in total.